The molecule has 0 radical (unpaired) electrons. The van der Waals surface area contributed by atoms with E-state index in [1.54, 1.807) is 26.3 Å². The summed E-state index contributed by atoms with van der Waals surface area (Å²) in [5, 5.41) is 15.4. The van der Waals surface area contributed by atoms with Crippen molar-refractivity contribution in [2.24, 2.45) is 0 Å². The number of amides is 1. The number of carbonyl (C=O) groups excluding carboxylic acids is 1. The monoisotopic (exact) mass is 372 g/mol. The van der Waals surface area contributed by atoms with E-state index in [0.29, 0.717) is 18.3 Å². The molecule has 1 aromatic rings. The van der Waals surface area contributed by atoms with Gasteiger partial charge in [-0.1, -0.05) is 0 Å². The van der Waals surface area contributed by atoms with Gasteiger partial charge in [-0.25, -0.2) is 0 Å². The van der Waals surface area contributed by atoms with Crippen LogP contribution in [0.3, 0.4) is 0 Å². The third-order valence-electron chi connectivity index (χ3n) is 2.82. The predicted octanol–water partition coefficient (Wildman–Crippen LogP) is 1.56. The van der Waals surface area contributed by atoms with E-state index in [1.165, 1.54) is 28.9 Å². The minimum atomic E-state index is -0.462. The maximum atomic E-state index is 11.9. The van der Waals surface area contributed by atoms with Gasteiger partial charge in [0.25, 0.3) is 5.69 Å². The molecule has 24 heavy (non-hydrogen) atoms. The molecule has 1 aromatic carbocycles. The molecular weight excluding hydrogens is 352 g/mol. The Kier molecular flexibility index (Phi) is 9.05. The molecule has 0 aromatic heterocycles. The lowest BCUT2D eigenvalue weighted by Crippen LogP contribution is -2.48. The van der Waals surface area contributed by atoms with Gasteiger partial charge in [-0.3, -0.25) is 25.3 Å². The standard InChI is InChI=1S/C14H20N4O4S2/c1-17(14(23)15-8-3-9-22-2)16-13(19)10-24-12-6-4-11(5-7-12)18(20)21/h4-7H,3,8-10H2,1-2H3,(H,15,23)(H,16,19). The zero-order valence-corrected chi connectivity index (χ0v) is 15.1. The number of methoxy groups -OCH3 is 1. The Morgan fingerprint density at radius 2 is 2.08 bits per heavy atom. The average molecular weight is 372 g/mol. The molecule has 0 fully saturated rings. The highest BCUT2D eigenvalue weighted by atomic mass is 32.2. The van der Waals surface area contributed by atoms with E-state index in [4.69, 9.17) is 17.0 Å². The number of thiocarbonyl (C=S) groups is 1. The summed E-state index contributed by atoms with van der Waals surface area (Å²) in [7, 11) is 3.29. The largest absolute Gasteiger partial charge is 0.385 e. The first-order valence-electron chi connectivity index (χ1n) is 7.11. The van der Waals surface area contributed by atoms with Crippen molar-refractivity contribution >= 4 is 40.7 Å². The Morgan fingerprint density at radius 3 is 2.67 bits per heavy atom. The van der Waals surface area contributed by atoms with Crippen LogP contribution in [0.25, 0.3) is 0 Å². The number of hydrogen-bond acceptors (Lipinski definition) is 6. The highest BCUT2D eigenvalue weighted by Crippen LogP contribution is 2.20. The number of nitrogens with one attached hydrogen (secondary N) is 2. The number of nitrogens with zero attached hydrogens (tertiary/aromatic N) is 2. The number of hydrazine groups is 1. The molecule has 132 valence electrons. The number of non-ortho nitro benzene ring substituents is 1. The van der Waals surface area contributed by atoms with Crippen molar-refractivity contribution in [1.29, 1.82) is 0 Å². The maximum absolute atomic E-state index is 11.9. The van der Waals surface area contributed by atoms with Crippen molar-refractivity contribution < 1.29 is 14.5 Å². The fourth-order valence-electron chi connectivity index (χ4n) is 1.61. The van der Waals surface area contributed by atoms with E-state index in [-0.39, 0.29) is 17.3 Å². The molecule has 10 heteroatoms. The lowest BCUT2D eigenvalue weighted by molar-refractivity contribution is -0.384. The van der Waals surface area contributed by atoms with Gasteiger partial charge < -0.3 is 10.1 Å². The molecule has 0 atom stereocenters. The fourth-order valence-corrected chi connectivity index (χ4v) is 2.45. The third-order valence-corrected chi connectivity index (χ3v) is 4.25. The maximum Gasteiger partial charge on any atom is 0.269 e. The number of carbonyl (C=O) groups is 1. The normalized spacial score (nSPS) is 10.1. The van der Waals surface area contributed by atoms with Crippen molar-refractivity contribution in [3.8, 4) is 0 Å². The van der Waals surface area contributed by atoms with Gasteiger partial charge >= 0.3 is 0 Å². The smallest absolute Gasteiger partial charge is 0.269 e. The van der Waals surface area contributed by atoms with Gasteiger partial charge in [0.1, 0.15) is 0 Å². The van der Waals surface area contributed by atoms with Crippen LogP contribution in [0, 0.1) is 10.1 Å². The molecule has 0 heterocycles. The number of benzene rings is 1. The zero-order chi connectivity index (χ0) is 17.9. The van der Waals surface area contributed by atoms with Crippen molar-refractivity contribution in [2.45, 2.75) is 11.3 Å². The quantitative estimate of drug-likeness (QED) is 0.233. The molecule has 0 aliphatic heterocycles. The van der Waals surface area contributed by atoms with Gasteiger partial charge in [-0.15, -0.1) is 11.8 Å². The highest BCUT2D eigenvalue weighted by molar-refractivity contribution is 8.00. The van der Waals surface area contributed by atoms with Crippen LogP contribution in [0.2, 0.25) is 0 Å². The first-order chi connectivity index (χ1) is 11.4. The molecule has 8 nitrogen and oxygen atoms in total. The Balaban J connectivity index is 2.32. The molecule has 0 aliphatic carbocycles. The average Bonchev–Trinajstić information content (AvgIpc) is 2.57. The van der Waals surface area contributed by atoms with Crippen molar-refractivity contribution in [1.82, 2.24) is 15.8 Å². The summed E-state index contributed by atoms with van der Waals surface area (Å²) in [6, 6.07) is 6.04. The van der Waals surface area contributed by atoms with E-state index in [0.717, 1.165) is 11.3 Å². The van der Waals surface area contributed by atoms with E-state index >= 15 is 0 Å². The van der Waals surface area contributed by atoms with Crippen LogP contribution < -0.4 is 10.7 Å². The van der Waals surface area contributed by atoms with E-state index in [9.17, 15) is 14.9 Å². The lowest BCUT2D eigenvalue weighted by atomic mass is 10.3. The SMILES string of the molecule is COCCCNC(=S)N(C)NC(=O)CSc1ccc([N+](=O)[O-])cc1. The van der Waals surface area contributed by atoms with Crippen molar-refractivity contribution in [3.63, 3.8) is 0 Å². The molecule has 0 spiro atoms. The number of nitro benzene ring substituents is 1. The van der Waals surface area contributed by atoms with Crippen LogP contribution in [0.1, 0.15) is 6.42 Å². The number of nitro groups is 1. The number of hydrogen-bond donors (Lipinski definition) is 2. The molecule has 0 aliphatic rings. The van der Waals surface area contributed by atoms with Gasteiger partial charge in [-0.2, -0.15) is 0 Å². The van der Waals surface area contributed by atoms with Gasteiger partial charge in [0, 0.05) is 44.3 Å². The van der Waals surface area contributed by atoms with Crippen molar-refractivity contribution in [3.05, 3.63) is 34.4 Å². The summed E-state index contributed by atoms with van der Waals surface area (Å²) in [5.41, 5.74) is 2.67. The summed E-state index contributed by atoms with van der Waals surface area (Å²) in [6.45, 7) is 1.29. The molecule has 0 saturated heterocycles. The first-order valence-corrected chi connectivity index (χ1v) is 8.50. The summed E-state index contributed by atoms with van der Waals surface area (Å²) >= 11 is 6.44. The Morgan fingerprint density at radius 1 is 1.42 bits per heavy atom. The molecule has 0 bridgehead atoms. The summed E-state index contributed by atoms with van der Waals surface area (Å²) in [5.74, 6) is -0.0454. The topological polar surface area (TPSA) is 96.7 Å². The van der Waals surface area contributed by atoms with Crippen molar-refractivity contribution in [2.75, 3.05) is 33.1 Å². The van der Waals surface area contributed by atoms with E-state index in [2.05, 4.69) is 10.7 Å². The minimum absolute atomic E-state index is 0.0217. The third kappa shape index (κ3) is 7.57. The van der Waals surface area contributed by atoms with E-state index < -0.39 is 4.92 Å². The van der Waals surface area contributed by atoms with Crippen LogP contribution in [0.4, 0.5) is 5.69 Å². The molecular formula is C14H20N4O4S2. The predicted molar refractivity (Wildman–Crippen MR) is 96.8 cm³/mol. The Labute approximate surface area is 150 Å². The summed E-state index contributed by atoms with van der Waals surface area (Å²) in [6.07, 6.45) is 0.814. The van der Waals surface area contributed by atoms with Gasteiger partial charge in [0.2, 0.25) is 5.91 Å². The first kappa shape index (κ1) is 20.1. The molecule has 1 amide bonds. The van der Waals surface area contributed by atoms with Crippen LogP contribution >= 0.6 is 24.0 Å². The lowest BCUT2D eigenvalue weighted by Gasteiger charge is -2.21. The second-order valence-corrected chi connectivity index (χ2v) is 6.15. The van der Waals surface area contributed by atoms with Crippen LogP contribution in [-0.2, 0) is 9.53 Å². The minimum Gasteiger partial charge on any atom is -0.385 e. The van der Waals surface area contributed by atoms with Crippen LogP contribution in [0.15, 0.2) is 29.2 Å². The second-order valence-electron chi connectivity index (χ2n) is 4.71. The van der Waals surface area contributed by atoms with Crippen LogP contribution in [0.5, 0.6) is 0 Å². The molecule has 2 N–H and O–H groups in total. The van der Waals surface area contributed by atoms with E-state index in [1.807, 2.05) is 0 Å². The van der Waals surface area contributed by atoms with Crippen LogP contribution in [-0.4, -0.2) is 54.0 Å². The number of rotatable bonds is 8. The highest BCUT2D eigenvalue weighted by Gasteiger charge is 2.10. The molecule has 0 saturated carbocycles. The second kappa shape index (κ2) is 10.8. The molecule has 1 rings (SSSR count). The van der Waals surface area contributed by atoms with Gasteiger partial charge in [-0.05, 0) is 30.8 Å². The molecule has 0 unspecified atom stereocenters. The zero-order valence-electron chi connectivity index (χ0n) is 13.5. The fraction of sp³-hybridized carbons (Fsp3) is 0.429. The number of thioether (sulfide) groups is 1. The summed E-state index contributed by atoms with van der Waals surface area (Å²) < 4.78 is 4.94. The van der Waals surface area contributed by atoms with Gasteiger partial charge in [0.15, 0.2) is 5.11 Å². The van der Waals surface area contributed by atoms with Gasteiger partial charge in [0.05, 0.1) is 10.7 Å². The Hall–Kier alpha value is -1.91. The Bertz CT molecular complexity index is 568. The summed E-state index contributed by atoms with van der Waals surface area (Å²) in [4.78, 5) is 22.8. The number of ether oxygens (including phenoxy) is 1.